The Morgan fingerprint density at radius 3 is 2.19 bits per heavy atom. The fourth-order valence-corrected chi connectivity index (χ4v) is 2.52. The third-order valence-corrected chi connectivity index (χ3v) is 3.46. The van der Waals surface area contributed by atoms with Crippen LogP contribution in [0.4, 0.5) is 8.78 Å². The van der Waals surface area contributed by atoms with Gasteiger partial charge in [0.1, 0.15) is 11.6 Å². The molecule has 88 valence electrons. The lowest BCUT2D eigenvalue weighted by molar-refractivity contribution is 0.367. The first-order chi connectivity index (χ1) is 7.62. The Hall–Kier alpha value is -0.960. The van der Waals surface area contributed by atoms with Crippen molar-refractivity contribution in [3.8, 4) is 0 Å². The highest BCUT2D eigenvalue weighted by atomic mass is 19.1. The summed E-state index contributed by atoms with van der Waals surface area (Å²) >= 11 is 0. The van der Waals surface area contributed by atoms with Crippen LogP contribution in [-0.4, -0.2) is 0 Å². The monoisotopic (exact) mass is 225 g/mol. The van der Waals surface area contributed by atoms with Crippen LogP contribution < -0.4 is 5.73 Å². The van der Waals surface area contributed by atoms with Crippen LogP contribution in [0.15, 0.2) is 18.2 Å². The molecule has 1 fully saturated rings. The van der Waals surface area contributed by atoms with E-state index < -0.39 is 17.2 Å². The Kier molecular flexibility index (Phi) is 3.24. The number of rotatable bonds is 1. The fourth-order valence-electron chi connectivity index (χ4n) is 2.52. The highest BCUT2D eigenvalue weighted by molar-refractivity contribution is 5.26. The van der Waals surface area contributed by atoms with Gasteiger partial charge in [0, 0.05) is 17.2 Å². The van der Waals surface area contributed by atoms with Gasteiger partial charge in [-0.15, -0.1) is 0 Å². The smallest absolute Gasteiger partial charge is 0.131 e. The van der Waals surface area contributed by atoms with E-state index >= 15 is 0 Å². The van der Waals surface area contributed by atoms with Crippen LogP contribution >= 0.6 is 0 Å². The van der Waals surface area contributed by atoms with E-state index in [1.54, 1.807) is 0 Å². The number of hydrogen-bond donors (Lipinski definition) is 1. The SMILES string of the molecule is NC1(c2ccc(F)cc2F)CCCCCC1. The van der Waals surface area contributed by atoms with Crippen molar-refractivity contribution < 1.29 is 8.78 Å². The molecule has 0 aromatic heterocycles. The number of hydrogen-bond acceptors (Lipinski definition) is 1. The largest absolute Gasteiger partial charge is 0.321 e. The standard InChI is InChI=1S/C13H17F2N/c14-10-5-6-11(12(15)9-10)13(16)7-3-1-2-4-8-13/h5-6,9H,1-4,7-8,16H2. The maximum Gasteiger partial charge on any atom is 0.131 e. The molecule has 1 aromatic carbocycles. The van der Waals surface area contributed by atoms with Gasteiger partial charge < -0.3 is 5.73 Å². The van der Waals surface area contributed by atoms with Crippen molar-refractivity contribution in [3.63, 3.8) is 0 Å². The van der Waals surface area contributed by atoms with E-state index in [0.717, 1.165) is 44.6 Å². The molecule has 0 aliphatic heterocycles. The van der Waals surface area contributed by atoms with Gasteiger partial charge in [-0.1, -0.05) is 31.7 Å². The normalized spacial score (nSPS) is 20.4. The summed E-state index contributed by atoms with van der Waals surface area (Å²) < 4.78 is 26.5. The Balaban J connectivity index is 2.33. The van der Waals surface area contributed by atoms with E-state index in [-0.39, 0.29) is 0 Å². The molecular formula is C13H17F2N. The zero-order valence-corrected chi connectivity index (χ0v) is 9.31. The molecule has 0 radical (unpaired) electrons. The highest BCUT2D eigenvalue weighted by Crippen LogP contribution is 2.35. The molecule has 1 aromatic rings. The Morgan fingerprint density at radius 1 is 1.00 bits per heavy atom. The van der Waals surface area contributed by atoms with Gasteiger partial charge >= 0.3 is 0 Å². The zero-order valence-electron chi connectivity index (χ0n) is 9.31. The van der Waals surface area contributed by atoms with Crippen molar-refractivity contribution in [1.29, 1.82) is 0 Å². The van der Waals surface area contributed by atoms with Crippen LogP contribution in [-0.2, 0) is 5.54 Å². The Labute approximate surface area is 94.7 Å². The van der Waals surface area contributed by atoms with Crippen LogP contribution in [0.3, 0.4) is 0 Å². The molecule has 0 unspecified atom stereocenters. The summed E-state index contributed by atoms with van der Waals surface area (Å²) in [6.45, 7) is 0. The molecule has 2 N–H and O–H groups in total. The predicted octanol–water partition coefficient (Wildman–Crippen LogP) is 3.47. The van der Waals surface area contributed by atoms with E-state index in [4.69, 9.17) is 5.73 Å². The molecule has 0 saturated heterocycles. The third kappa shape index (κ3) is 2.24. The second kappa shape index (κ2) is 4.50. The molecule has 1 aliphatic rings. The van der Waals surface area contributed by atoms with Crippen molar-refractivity contribution in [1.82, 2.24) is 0 Å². The Morgan fingerprint density at radius 2 is 1.62 bits per heavy atom. The summed E-state index contributed by atoms with van der Waals surface area (Å²) in [7, 11) is 0. The second-order valence-electron chi connectivity index (χ2n) is 4.69. The third-order valence-electron chi connectivity index (χ3n) is 3.46. The topological polar surface area (TPSA) is 26.0 Å². The number of nitrogens with two attached hydrogens (primary N) is 1. The zero-order chi connectivity index (χ0) is 11.6. The minimum absolute atomic E-state index is 0.468. The van der Waals surface area contributed by atoms with Crippen LogP contribution in [0, 0.1) is 11.6 Å². The summed E-state index contributed by atoms with van der Waals surface area (Å²) in [6.07, 6.45) is 5.93. The van der Waals surface area contributed by atoms with Crippen molar-refractivity contribution in [3.05, 3.63) is 35.4 Å². The van der Waals surface area contributed by atoms with E-state index in [1.165, 1.54) is 12.1 Å². The van der Waals surface area contributed by atoms with Gasteiger partial charge in [0.05, 0.1) is 0 Å². The van der Waals surface area contributed by atoms with Gasteiger partial charge in [-0.3, -0.25) is 0 Å². The van der Waals surface area contributed by atoms with E-state index in [2.05, 4.69) is 0 Å². The van der Waals surface area contributed by atoms with Gasteiger partial charge in [-0.2, -0.15) is 0 Å². The summed E-state index contributed by atoms with van der Waals surface area (Å²) in [5.41, 5.74) is 6.13. The number of halogens is 2. The minimum atomic E-state index is -0.603. The Bertz CT molecular complexity index is 368. The molecular weight excluding hydrogens is 208 g/mol. The van der Waals surface area contributed by atoms with E-state index in [9.17, 15) is 8.78 Å². The van der Waals surface area contributed by atoms with Crippen LogP contribution in [0.25, 0.3) is 0 Å². The first-order valence-electron chi connectivity index (χ1n) is 5.86. The molecule has 16 heavy (non-hydrogen) atoms. The highest BCUT2D eigenvalue weighted by Gasteiger charge is 2.30. The summed E-state index contributed by atoms with van der Waals surface area (Å²) in [5.74, 6) is -1.05. The van der Waals surface area contributed by atoms with E-state index in [0.29, 0.717) is 5.56 Å². The lowest BCUT2D eigenvalue weighted by atomic mass is 9.83. The maximum atomic E-state index is 13.7. The first-order valence-corrected chi connectivity index (χ1v) is 5.86. The van der Waals surface area contributed by atoms with Gasteiger partial charge in [-0.25, -0.2) is 8.78 Å². The van der Waals surface area contributed by atoms with Gasteiger partial charge in [-0.05, 0) is 18.9 Å². The quantitative estimate of drug-likeness (QED) is 0.727. The molecule has 0 heterocycles. The molecule has 0 amide bonds. The van der Waals surface area contributed by atoms with Gasteiger partial charge in [0.2, 0.25) is 0 Å². The van der Waals surface area contributed by atoms with Crippen molar-refractivity contribution in [2.75, 3.05) is 0 Å². The fraction of sp³-hybridized carbons (Fsp3) is 0.538. The van der Waals surface area contributed by atoms with Crippen LogP contribution in [0.5, 0.6) is 0 Å². The number of benzene rings is 1. The molecule has 3 heteroatoms. The first kappa shape index (κ1) is 11.5. The average Bonchev–Trinajstić information content (AvgIpc) is 2.43. The van der Waals surface area contributed by atoms with Gasteiger partial charge in [0.15, 0.2) is 0 Å². The molecule has 1 saturated carbocycles. The van der Waals surface area contributed by atoms with Crippen molar-refractivity contribution in [2.24, 2.45) is 5.73 Å². The van der Waals surface area contributed by atoms with Crippen LogP contribution in [0.2, 0.25) is 0 Å². The van der Waals surface area contributed by atoms with Crippen LogP contribution in [0.1, 0.15) is 44.1 Å². The molecule has 1 aliphatic carbocycles. The van der Waals surface area contributed by atoms with E-state index in [1.807, 2.05) is 0 Å². The minimum Gasteiger partial charge on any atom is -0.321 e. The summed E-state index contributed by atoms with van der Waals surface area (Å²) in [4.78, 5) is 0. The second-order valence-corrected chi connectivity index (χ2v) is 4.69. The predicted molar refractivity (Wildman–Crippen MR) is 59.9 cm³/mol. The molecule has 0 bridgehead atoms. The molecule has 2 rings (SSSR count). The molecule has 0 atom stereocenters. The maximum absolute atomic E-state index is 13.7. The summed E-state index contributed by atoms with van der Waals surface area (Å²) in [5, 5.41) is 0. The lowest BCUT2D eigenvalue weighted by Crippen LogP contribution is -2.37. The van der Waals surface area contributed by atoms with Crippen molar-refractivity contribution >= 4 is 0 Å². The van der Waals surface area contributed by atoms with Crippen molar-refractivity contribution in [2.45, 2.75) is 44.1 Å². The van der Waals surface area contributed by atoms with Gasteiger partial charge in [0.25, 0.3) is 0 Å². The average molecular weight is 225 g/mol. The lowest BCUT2D eigenvalue weighted by Gasteiger charge is -2.29. The molecule has 1 nitrogen and oxygen atoms in total. The molecule has 0 spiro atoms. The summed E-state index contributed by atoms with van der Waals surface area (Å²) in [6, 6.07) is 3.71.